The van der Waals surface area contributed by atoms with Crippen molar-refractivity contribution in [2.45, 2.75) is 38.5 Å². The summed E-state index contributed by atoms with van der Waals surface area (Å²) < 4.78 is 0. The molecule has 0 saturated carbocycles. The number of hydrogen-bond donors (Lipinski definition) is 1. The van der Waals surface area contributed by atoms with Crippen LogP contribution in [0.2, 0.25) is 0 Å². The fourth-order valence-corrected chi connectivity index (χ4v) is 4.71. The maximum atomic E-state index is 12.8. The highest BCUT2D eigenvalue weighted by atomic mass is 32.1. The number of aryl methyl sites for hydroxylation is 2. The molecular weight excluding hydrogens is 330 g/mol. The summed E-state index contributed by atoms with van der Waals surface area (Å²) in [4.78, 5) is 24.0. The Labute approximate surface area is 151 Å². The summed E-state index contributed by atoms with van der Waals surface area (Å²) in [5.41, 5.74) is 4.33. The van der Waals surface area contributed by atoms with E-state index in [9.17, 15) is 4.79 Å². The molecule has 0 radical (unpaired) electrons. The van der Waals surface area contributed by atoms with Gasteiger partial charge in [-0.3, -0.25) is 4.79 Å². The number of hydrogen-bond acceptors (Lipinski definition) is 3. The number of nitrogens with zero attached hydrogens (tertiary/aromatic N) is 2. The van der Waals surface area contributed by atoms with E-state index >= 15 is 0 Å². The number of carbonyl (C=O) groups excluding carboxylic acids is 1. The Balaban J connectivity index is 1.36. The first-order valence-corrected chi connectivity index (χ1v) is 9.88. The summed E-state index contributed by atoms with van der Waals surface area (Å²) >= 11 is 1.76. The van der Waals surface area contributed by atoms with Crippen LogP contribution in [0.3, 0.4) is 0 Å². The predicted molar refractivity (Wildman–Crippen MR) is 102 cm³/mol. The number of nitrogens with one attached hydrogen (secondary N) is 1. The van der Waals surface area contributed by atoms with Crippen LogP contribution in [0, 0.1) is 0 Å². The number of amides is 1. The van der Waals surface area contributed by atoms with Gasteiger partial charge >= 0.3 is 0 Å². The van der Waals surface area contributed by atoms with Gasteiger partial charge in [0.1, 0.15) is 5.82 Å². The van der Waals surface area contributed by atoms with E-state index in [1.807, 2.05) is 36.2 Å². The Morgan fingerprint density at radius 2 is 2.12 bits per heavy atom. The Bertz CT molecular complexity index is 862. The summed E-state index contributed by atoms with van der Waals surface area (Å²) in [5.74, 6) is 1.17. The van der Waals surface area contributed by atoms with Crippen LogP contribution < -0.4 is 0 Å². The second-order valence-electron chi connectivity index (χ2n) is 6.79. The van der Waals surface area contributed by atoms with Crippen LogP contribution in [0.5, 0.6) is 0 Å². The largest absolute Gasteiger partial charge is 0.342 e. The zero-order chi connectivity index (χ0) is 17.2. The maximum Gasteiger partial charge on any atom is 0.254 e. The number of carbonyl (C=O) groups is 1. The van der Waals surface area contributed by atoms with Gasteiger partial charge < -0.3 is 9.88 Å². The van der Waals surface area contributed by atoms with Gasteiger partial charge in [0, 0.05) is 30.3 Å². The van der Waals surface area contributed by atoms with Gasteiger partial charge in [0.15, 0.2) is 0 Å². The summed E-state index contributed by atoms with van der Waals surface area (Å²) in [7, 11) is 1.91. The van der Waals surface area contributed by atoms with Crippen LogP contribution in [0.25, 0.3) is 11.0 Å². The Kier molecular flexibility index (Phi) is 4.57. The third kappa shape index (κ3) is 3.33. The van der Waals surface area contributed by atoms with E-state index in [0.717, 1.165) is 54.6 Å². The van der Waals surface area contributed by atoms with Crippen molar-refractivity contribution >= 4 is 28.3 Å². The summed E-state index contributed by atoms with van der Waals surface area (Å²) in [5, 5.41) is 2.06. The molecule has 0 unspecified atom stereocenters. The van der Waals surface area contributed by atoms with Gasteiger partial charge in [0.2, 0.25) is 0 Å². The molecule has 0 aliphatic heterocycles. The zero-order valence-electron chi connectivity index (χ0n) is 14.5. The molecule has 1 N–H and O–H groups in total. The van der Waals surface area contributed by atoms with Crippen molar-refractivity contribution in [1.29, 1.82) is 0 Å². The molecule has 4 nitrogen and oxygen atoms in total. The van der Waals surface area contributed by atoms with E-state index in [2.05, 4.69) is 15.3 Å². The number of para-hydroxylation sites is 2. The Morgan fingerprint density at radius 1 is 1.28 bits per heavy atom. The quantitative estimate of drug-likeness (QED) is 0.747. The van der Waals surface area contributed by atoms with Gasteiger partial charge in [0.05, 0.1) is 16.6 Å². The third-order valence-corrected chi connectivity index (χ3v) is 6.07. The lowest BCUT2D eigenvalue weighted by Gasteiger charge is -2.19. The van der Waals surface area contributed by atoms with Crippen LogP contribution in [-0.2, 0) is 19.3 Å². The van der Waals surface area contributed by atoms with Gasteiger partial charge in [-0.2, -0.15) is 0 Å². The van der Waals surface area contributed by atoms with E-state index in [1.54, 1.807) is 11.3 Å². The fourth-order valence-electron chi connectivity index (χ4n) is 3.59. The van der Waals surface area contributed by atoms with Gasteiger partial charge in [-0.25, -0.2) is 4.98 Å². The SMILES string of the molecule is CN(CCCc1nc2ccccc2[nH]1)C(=O)c1csc2c1CCCC2. The molecule has 0 atom stereocenters. The van der Waals surface area contributed by atoms with Crippen molar-refractivity contribution < 1.29 is 4.79 Å². The highest BCUT2D eigenvalue weighted by Gasteiger charge is 2.22. The summed E-state index contributed by atoms with van der Waals surface area (Å²) in [6.45, 7) is 0.750. The number of imidazole rings is 1. The van der Waals surface area contributed by atoms with Crippen LogP contribution >= 0.6 is 11.3 Å². The molecule has 5 heteroatoms. The molecular formula is C20H23N3OS. The Hall–Kier alpha value is -2.14. The Morgan fingerprint density at radius 3 is 3.00 bits per heavy atom. The molecule has 0 spiro atoms. The van der Waals surface area contributed by atoms with Crippen molar-refractivity contribution in [3.63, 3.8) is 0 Å². The molecule has 130 valence electrons. The lowest BCUT2D eigenvalue weighted by atomic mass is 9.95. The minimum atomic E-state index is 0.170. The molecule has 2 aromatic heterocycles. The van der Waals surface area contributed by atoms with Crippen LogP contribution in [0.4, 0.5) is 0 Å². The van der Waals surface area contributed by atoms with Crippen LogP contribution in [0.1, 0.15) is 45.9 Å². The summed E-state index contributed by atoms with van der Waals surface area (Å²) in [6.07, 6.45) is 6.44. The van der Waals surface area contributed by atoms with E-state index in [4.69, 9.17) is 0 Å². The first kappa shape index (κ1) is 16.3. The highest BCUT2D eigenvalue weighted by Crippen LogP contribution is 2.30. The van der Waals surface area contributed by atoms with Crippen LogP contribution in [0.15, 0.2) is 29.6 Å². The van der Waals surface area contributed by atoms with Crippen molar-refractivity contribution in [1.82, 2.24) is 14.9 Å². The molecule has 0 fully saturated rings. The molecule has 0 saturated heterocycles. The van der Waals surface area contributed by atoms with Crippen molar-refractivity contribution in [3.8, 4) is 0 Å². The lowest BCUT2D eigenvalue weighted by Crippen LogP contribution is -2.28. The highest BCUT2D eigenvalue weighted by molar-refractivity contribution is 7.10. The standard InChI is InChI=1S/C20H23N3OS/c1-23(20(24)15-13-25-18-10-5-2-7-14(15)18)12-6-11-19-21-16-8-3-4-9-17(16)22-19/h3-4,8-9,13H,2,5-7,10-12H2,1H3,(H,21,22). The van der Waals surface area contributed by atoms with Crippen molar-refractivity contribution in [3.05, 3.63) is 51.5 Å². The minimum absolute atomic E-state index is 0.170. The fraction of sp³-hybridized carbons (Fsp3) is 0.400. The van der Waals surface area contributed by atoms with Gasteiger partial charge in [-0.15, -0.1) is 11.3 Å². The molecule has 1 aromatic carbocycles. The molecule has 1 aliphatic rings. The topological polar surface area (TPSA) is 49.0 Å². The van der Waals surface area contributed by atoms with E-state index in [-0.39, 0.29) is 5.91 Å². The molecule has 3 aromatic rings. The monoisotopic (exact) mass is 353 g/mol. The second-order valence-corrected chi connectivity index (χ2v) is 7.75. The maximum absolute atomic E-state index is 12.8. The number of rotatable bonds is 5. The average Bonchev–Trinajstić information content (AvgIpc) is 3.24. The smallest absolute Gasteiger partial charge is 0.254 e. The van der Waals surface area contributed by atoms with E-state index in [1.165, 1.54) is 23.3 Å². The normalized spacial score (nSPS) is 13.8. The first-order valence-electron chi connectivity index (χ1n) is 9.00. The molecule has 2 heterocycles. The molecule has 1 amide bonds. The minimum Gasteiger partial charge on any atom is -0.342 e. The van der Waals surface area contributed by atoms with Crippen molar-refractivity contribution in [2.75, 3.05) is 13.6 Å². The molecule has 1 aliphatic carbocycles. The lowest BCUT2D eigenvalue weighted by molar-refractivity contribution is 0.0792. The molecule has 4 rings (SSSR count). The van der Waals surface area contributed by atoms with Gasteiger partial charge in [0.25, 0.3) is 5.91 Å². The number of aromatic amines is 1. The molecule has 25 heavy (non-hydrogen) atoms. The van der Waals surface area contributed by atoms with Gasteiger partial charge in [-0.05, 0) is 49.8 Å². The third-order valence-electron chi connectivity index (χ3n) is 4.98. The molecule has 0 bridgehead atoms. The van der Waals surface area contributed by atoms with Crippen molar-refractivity contribution in [2.24, 2.45) is 0 Å². The average molecular weight is 353 g/mol. The predicted octanol–water partition coefficient (Wildman–Crippen LogP) is 4.21. The van der Waals surface area contributed by atoms with Crippen LogP contribution in [-0.4, -0.2) is 34.4 Å². The van der Waals surface area contributed by atoms with E-state index < -0.39 is 0 Å². The van der Waals surface area contributed by atoms with E-state index in [0.29, 0.717) is 0 Å². The number of H-pyrrole nitrogens is 1. The second kappa shape index (κ2) is 7.00. The number of benzene rings is 1. The summed E-state index contributed by atoms with van der Waals surface area (Å²) in [6, 6.07) is 8.07. The first-order chi connectivity index (χ1) is 12.2. The number of fused-ring (bicyclic) bond motifs is 2. The number of thiophene rings is 1. The number of aromatic nitrogens is 2. The zero-order valence-corrected chi connectivity index (χ0v) is 15.4. The van der Waals surface area contributed by atoms with Gasteiger partial charge in [-0.1, -0.05) is 12.1 Å².